The molecule has 0 unspecified atom stereocenters. The number of fused-ring (bicyclic) bond motifs is 1. The Kier molecular flexibility index (Phi) is 4.63. The Morgan fingerprint density at radius 1 is 1.00 bits per heavy atom. The third-order valence-electron chi connectivity index (χ3n) is 3.92. The summed E-state index contributed by atoms with van der Waals surface area (Å²) in [5.41, 5.74) is 1.82. The topological polar surface area (TPSA) is 73.6 Å². The third kappa shape index (κ3) is 3.91. The fourth-order valence-corrected chi connectivity index (χ4v) is 3.62. The summed E-state index contributed by atoms with van der Waals surface area (Å²) >= 11 is 0. The predicted octanol–water partition coefficient (Wildman–Crippen LogP) is 3.26. The average molecular weight is 358 g/mol. The second-order valence-corrected chi connectivity index (χ2v) is 8.00. The summed E-state index contributed by atoms with van der Waals surface area (Å²) in [5, 5.41) is 0.819. The Bertz CT molecular complexity index is 1060. The monoisotopic (exact) mass is 358 g/mol. The highest BCUT2D eigenvalue weighted by Gasteiger charge is 2.14. The van der Waals surface area contributed by atoms with Crippen LogP contribution in [0.4, 0.5) is 0 Å². The maximum Gasteiger partial charge on any atom is 0.336 e. The van der Waals surface area contributed by atoms with Crippen LogP contribution in [0, 0.1) is 13.8 Å². The van der Waals surface area contributed by atoms with Crippen LogP contribution in [0.3, 0.4) is 0 Å². The van der Waals surface area contributed by atoms with Crippen molar-refractivity contribution in [2.75, 3.05) is 12.4 Å². The highest BCUT2D eigenvalue weighted by Crippen LogP contribution is 2.22. The minimum atomic E-state index is -3.40. The van der Waals surface area contributed by atoms with Crippen LogP contribution in [-0.2, 0) is 9.84 Å². The molecule has 0 saturated carbocycles. The van der Waals surface area contributed by atoms with Gasteiger partial charge >= 0.3 is 5.63 Å². The Morgan fingerprint density at radius 3 is 2.44 bits per heavy atom. The first kappa shape index (κ1) is 17.2. The molecule has 0 saturated heterocycles. The van der Waals surface area contributed by atoms with Gasteiger partial charge in [-0.1, -0.05) is 17.7 Å². The lowest BCUT2D eigenvalue weighted by Gasteiger charge is -2.08. The molecule has 0 aliphatic heterocycles. The van der Waals surface area contributed by atoms with Crippen LogP contribution < -0.4 is 10.4 Å². The number of rotatable bonds is 5. The fraction of sp³-hybridized carbons (Fsp3) is 0.211. The van der Waals surface area contributed by atoms with E-state index in [1.807, 2.05) is 13.8 Å². The van der Waals surface area contributed by atoms with Gasteiger partial charge in [-0.25, -0.2) is 13.2 Å². The van der Waals surface area contributed by atoms with Crippen molar-refractivity contribution in [3.63, 3.8) is 0 Å². The van der Waals surface area contributed by atoms with Crippen LogP contribution in [0.1, 0.15) is 11.1 Å². The molecule has 0 bridgehead atoms. The van der Waals surface area contributed by atoms with Crippen LogP contribution in [0.5, 0.6) is 5.75 Å². The fourth-order valence-electron chi connectivity index (χ4n) is 2.53. The molecular formula is C19H18O5S. The Hall–Kier alpha value is -2.60. The van der Waals surface area contributed by atoms with Gasteiger partial charge in [0.15, 0.2) is 9.84 Å². The molecular weight excluding hydrogens is 340 g/mol. The van der Waals surface area contributed by atoms with Gasteiger partial charge in [0.25, 0.3) is 0 Å². The van der Waals surface area contributed by atoms with Crippen molar-refractivity contribution < 1.29 is 17.6 Å². The lowest BCUT2D eigenvalue weighted by molar-refractivity contribution is 0.340. The van der Waals surface area contributed by atoms with Crippen molar-refractivity contribution in [1.29, 1.82) is 0 Å². The van der Waals surface area contributed by atoms with Crippen LogP contribution in [0.25, 0.3) is 11.0 Å². The lowest BCUT2D eigenvalue weighted by Crippen LogP contribution is -2.14. The van der Waals surface area contributed by atoms with Crippen molar-refractivity contribution in [2.24, 2.45) is 0 Å². The van der Waals surface area contributed by atoms with E-state index in [0.29, 0.717) is 11.3 Å². The summed E-state index contributed by atoms with van der Waals surface area (Å²) in [7, 11) is -3.40. The standard InChI is InChI=1S/C19H18O5S/c1-13-3-6-16(7-4-13)25(21,22)10-9-23-15-5-8-17-14(2)11-19(20)24-18(17)12-15/h3-8,11-12H,9-10H2,1-2H3. The molecule has 6 heteroatoms. The summed E-state index contributed by atoms with van der Waals surface area (Å²) in [6.07, 6.45) is 0. The summed E-state index contributed by atoms with van der Waals surface area (Å²) in [5.74, 6) is 0.326. The molecule has 0 amide bonds. The van der Waals surface area contributed by atoms with Gasteiger partial charge in [0, 0.05) is 17.5 Å². The molecule has 25 heavy (non-hydrogen) atoms. The first-order valence-electron chi connectivity index (χ1n) is 7.82. The van der Waals surface area contributed by atoms with Gasteiger partial charge in [-0.15, -0.1) is 0 Å². The highest BCUT2D eigenvalue weighted by molar-refractivity contribution is 7.91. The molecule has 0 atom stereocenters. The van der Waals surface area contributed by atoms with E-state index in [1.165, 1.54) is 6.07 Å². The van der Waals surface area contributed by atoms with Crippen molar-refractivity contribution in [3.8, 4) is 5.75 Å². The summed E-state index contributed by atoms with van der Waals surface area (Å²) in [4.78, 5) is 11.7. The Balaban J connectivity index is 1.72. The molecule has 5 nitrogen and oxygen atoms in total. The summed E-state index contributed by atoms with van der Waals surface area (Å²) in [6.45, 7) is 3.74. The number of sulfone groups is 1. The largest absolute Gasteiger partial charge is 0.492 e. The van der Waals surface area contributed by atoms with Gasteiger partial charge in [-0.3, -0.25) is 0 Å². The second kappa shape index (κ2) is 6.72. The summed E-state index contributed by atoms with van der Waals surface area (Å²) in [6, 6.07) is 13.3. The zero-order valence-corrected chi connectivity index (χ0v) is 14.8. The van der Waals surface area contributed by atoms with E-state index < -0.39 is 15.5 Å². The molecule has 1 heterocycles. The quantitative estimate of drug-likeness (QED) is 0.655. The molecule has 1 aromatic heterocycles. The van der Waals surface area contributed by atoms with Gasteiger partial charge in [0.2, 0.25) is 0 Å². The molecule has 0 N–H and O–H groups in total. The van der Waals surface area contributed by atoms with Crippen molar-refractivity contribution in [2.45, 2.75) is 18.7 Å². The molecule has 3 aromatic rings. The van der Waals surface area contributed by atoms with Crippen LogP contribution in [0.2, 0.25) is 0 Å². The predicted molar refractivity (Wildman–Crippen MR) is 95.9 cm³/mol. The smallest absolute Gasteiger partial charge is 0.336 e. The van der Waals surface area contributed by atoms with E-state index in [2.05, 4.69) is 0 Å². The molecule has 0 aliphatic carbocycles. The van der Waals surface area contributed by atoms with E-state index in [9.17, 15) is 13.2 Å². The van der Waals surface area contributed by atoms with Crippen LogP contribution in [-0.4, -0.2) is 20.8 Å². The van der Waals surface area contributed by atoms with E-state index in [1.54, 1.807) is 42.5 Å². The van der Waals surface area contributed by atoms with Crippen LogP contribution in [0.15, 0.2) is 62.6 Å². The third-order valence-corrected chi connectivity index (χ3v) is 5.62. The zero-order chi connectivity index (χ0) is 18.0. The number of hydrogen-bond acceptors (Lipinski definition) is 5. The van der Waals surface area contributed by atoms with Crippen molar-refractivity contribution in [1.82, 2.24) is 0 Å². The first-order valence-corrected chi connectivity index (χ1v) is 9.47. The van der Waals surface area contributed by atoms with Gasteiger partial charge in [0.1, 0.15) is 17.9 Å². The normalized spacial score (nSPS) is 11.6. The molecule has 130 valence electrons. The minimum Gasteiger partial charge on any atom is -0.492 e. The van der Waals surface area contributed by atoms with Gasteiger partial charge in [-0.2, -0.15) is 0 Å². The number of hydrogen-bond donors (Lipinski definition) is 0. The molecule has 3 rings (SSSR count). The second-order valence-electron chi connectivity index (χ2n) is 5.89. The molecule has 0 radical (unpaired) electrons. The lowest BCUT2D eigenvalue weighted by atomic mass is 10.1. The van der Waals surface area contributed by atoms with Gasteiger partial charge in [-0.05, 0) is 43.7 Å². The van der Waals surface area contributed by atoms with E-state index >= 15 is 0 Å². The maximum absolute atomic E-state index is 12.3. The number of aryl methyl sites for hydroxylation is 2. The maximum atomic E-state index is 12.3. The van der Waals surface area contributed by atoms with Crippen LogP contribution >= 0.6 is 0 Å². The average Bonchev–Trinajstić information content (AvgIpc) is 2.54. The van der Waals surface area contributed by atoms with E-state index in [0.717, 1.165) is 16.5 Å². The van der Waals surface area contributed by atoms with Crippen molar-refractivity contribution in [3.05, 3.63) is 70.1 Å². The molecule has 0 aliphatic rings. The number of ether oxygens (including phenoxy) is 1. The van der Waals surface area contributed by atoms with E-state index in [-0.39, 0.29) is 17.3 Å². The zero-order valence-electron chi connectivity index (χ0n) is 14.0. The number of benzene rings is 2. The SMILES string of the molecule is Cc1ccc(S(=O)(=O)CCOc2ccc3c(C)cc(=O)oc3c2)cc1. The Morgan fingerprint density at radius 2 is 1.72 bits per heavy atom. The minimum absolute atomic E-state index is 0.0117. The molecule has 2 aromatic carbocycles. The first-order chi connectivity index (χ1) is 11.8. The Labute approximate surface area is 145 Å². The molecule has 0 fully saturated rings. The highest BCUT2D eigenvalue weighted by atomic mass is 32.2. The van der Waals surface area contributed by atoms with E-state index in [4.69, 9.17) is 9.15 Å². The van der Waals surface area contributed by atoms with Gasteiger partial charge < -0.3 is 9.15 Å². The van der Waals surface area contributed by atoms with Crippen molar-refractivity contribution >= 4 is 20.8 Å². The molecule has 0 spiro atoms. The van der Waals surface area contributed by atoms with Gasteiger partial charge in [0.05, 0.1) is 10.6 Å². The summed E-state index contributed by atoms with van der Waals surface area (Å²) < 4.78 is 35.3.